The first-order chi connectivity index (χ1) is 15.8. The summed E-state index contributed by atoms with van der Waals surface area (Å²) in [7, 11) is 0. The number of rotatable bonds is 6. The highest BCUT2D eigenvalue weighted by atomic mass is 32.2. The molecule has 1 aliphatic rings. The molecule has 33 heavy (non-hydrogen) atoms. The molecule has 8 heteroatoms. The third-order valence-corrected chi connectivity index (χ3v) is 6.15. The van der Waals surface area contributed by atoms with Crippen molar-refractivity contribution in [3.8, 4) is 0 Å². The number of aromatic nitrogens is 2. The molecule has 170 valence electrons. The Morgan fingerprint density at radius 1 is 1.15 bits per heavy atom. The van der Waals surface area contributed by atoms with E-state index in [1.54, 1.807) is 32.9 Å². The van der Waals surface area contributed by atoms with E-state index < -0.39 is 17.7 Å². The number of nitrogens with one attached hydrogen (secondary N) is 2. The summed E-state index contributed by atoms with van der Waals surface area (Å²) >= 11 is 1.41. The Morgan fingerprint density at radius 2 is 1.85 bits per heavy atom. The molecule has 0 saturated heterocycles. The molecular formula is C25H24FN3O3S. The molecule has 1 aromatic heterocycles. The van der Waals surface area contributed by atoms with Crippen LogP contribution in [0.15, 0.2) is 75.8 Å². The largest absolute Gasteiger partial charge is 0.460 e. The molecule has 6 nitrogen and oxygen atoms in total. The first-order valence-corrected chi connectivity index (χ1v) is 11.6. The number of thioether (sulfide) groups is 1. The van der Waals surface area contributed by atoms with Crippen LogP contribution in [0.1, 0.15) is 43.4 Å². The Hall–Kier alpha value is -3.39. The lowest BCUT2D eigenvalue weighted by Gasteiger charge is -2.29. The summed E-state index contributed by atoms with van der Waals surface area (Å²) in [5.41, 5.74) is 2.49. The molecule has 0 bridgehead atoms. The van der Waals surface area contributed by atoms with E-state index in [1.165, 1.54) is 23.9 Å². The first-order valence-electron chi connectivity index (χ1n) is 10.6. The van der Waals surface area contributed by atoms with Crippen molar-refractivity contribution in [3.63, 3.8) is 0 Å². The van der Waals surface area contributed by atoms with Gasteiger partial charge in [0.15, 0.2) is 5.16 Å². The summed E-state index contributed by atoms with van der Waals surface area (Å²) < 4.78 is 19.1. The predicted octanol–water partition coefficient (Wildman–Crippen LogP) is 4.98. The molecule has 2 aromatic carbocycles. The highest BCUT2D eigenvalue weighted by molar-refractivity contribution is 7.98. The number of nitrogens with zero attached hydrogens (tertiary/aromatic N) is 1. The molecule has 0 saturated carbocycles. The van der Waals surface area contributed by atoms with Gasteiger partial charge >= 0.3 is 5.97 Å². The van der Waals surface area contributed by atoms with Gasteiger partial charge in [-0.05, 0) is 44.0 Å². The van der Waals surface area contributed by atoms with Crippen LogP contribution in [-0.2, 0) is 15.3 Å². The molecule has 0 fully saturated rings. The van der Waals surface area contributed by atoms with Crippen molar-refractivity contribution in [2.24, 2.45) is 0 Å². The number of hydrogen-bond acceptors (Lipinski definition) is 6. The van der Waals surface area contributed by atoms with Gasteiger partial charge in [-0.3, -0.25) is 4.79 Å². The van der Waals surface area contributed by atoms with Crippen LogP contribution in [0, 0.1) is 5.82 Å². The van der Waals surface area contributed by atoms with Crippen LogP contribution in [0.25, 0.3) is 0 Å². The fourth-order valence-electron chi connectivity index (χ4n) is 3.76. The van der Waals surface area contributed by atoms with E-state index in [0.717, 1.165) is 5.56 Å². The molecule has 0 radical (unpaired) electrons. The number of benzene rings is 2. The normalized spacial score (nSPS) is 15.2. The minimum atomic E-state index is -0.738. The van der Waals surface area contributed by atoms with Crippen LogP contribution in [-0.4, -0.2) is 22.0 Å². The van der Waals surface area contributed by atoms with E-state index in [2.05, 4.69) is 15.3 Å². The average molecular weight is 466 g/mol. The van der Waals surface area contributed by atoms with Gasteiger partial charge in [-0.15, -0.1) is 0 Å². The number of allylic oxidation sites excluding steroid dienone is 1. The molecule has 1 atom stereocenters. The Bertz CT molecular complexity index is 1250. The molecule has 1 unspecified atom stereocenters. The molecule has 2 heterocycles. The van der Waals surface area contributed by atoms with Crippen molar-refractivity contribution in [1.29, 1.82) is 0 Å². The van der Waals surface area contributed by atoms with Crippen LogP contribution in [0.4, 0.5) is 10.2 Å². The Balaban J connectivity index is 1.76. The predicted molar refractivity (Wildman–Crippen MR) is 127 cm³/mol. The molecule has 2 N–H and O–H groups in total. The highest BCUT2D eigenvalue weighted by Crippen LogP contribution is 2.40. The van der Waals surface area contributed by atoms with Gasteiger partial charge in [0, 0.05) is 11.4 Å². The Labute approximate surface area is 195 Å². The number of carbonyl (C=O) groups is 1. The standard InChI is InChI=1S/C25H24FN3O3S/c1-14(2)32-24(31)19-15(3)27-22-21(20(19)17-9-11-18(26)12-10-17)23(30)29-25(28-22)33-13-16-7-5-4-6-8-16/h4-12,14,20H,13H2,1-3H3,(H2,27,28,29,30). The maximum absolute atomic E-state index is 13.6. The van der Waals surface area contributed by atoms with Crippen LogP contribution >= 0.6 is 11.8 Å². The van der Waals surface area contributed by atoms with Crippen molar-refractivity contribution in [2.45, 2.75) is 43.7 Å². The summed E-state index contributed by atoms with van der Waals surface area (Å²) in [4.78, 5) is 33.7. The molecule has 4 rings (SSSR count). The van der Waals surface area contributed by atoms with Gasteiger partial charge in [-0.25, -0.2) is 14.2 Å². The lowest BCUT2D eigenvalue weighted by atomic mass is 9.82. The summed E-state index contributed by atoms with van der Waals surface area (Å²) in [6.45, 7) is 5.26. The lowest BCUT2D eigenvalue weighted by Crippen LogP contribution is -2.31. The number of halogens is 1. The smallest absolute Gasteiger partial charge is 0.337 e. The topological polar surface area (TPSA) is 84.1 Å². The zero-order chi connectivity index (χ0) is 23.5. The minimum absolute atomic E-state index is 0.298. The van der Waals surface area contributed by atoms with Crippen molar-refractivity contribution in [1.82, 2.24) is 9.97 Å². The fraction of sp³-hybridized carbons (Fsp3) is 0.240. The third kappa shape index (κ3) is 5.01. The minimum Gasteiger partial charge on any atom is -0.460 e. The maximum Gasteiger partial charge on any atom is 0.337 e. The van der Waals surface area contributed by atoms with E-state index >= 15 is 0 Å². The van der Waals surface area contributed by atoms with E-state index in [-0.39, 0.29) is 11.7 Å². The second-order valence-electron chi connectivity index (χ2n) is 8.01. The summed E-state index contributed by atoms with van der Waals surface area (Å²) in [5.74, 6) is -0.652. The van der Waals surface area contributed by atoms with Crippen LogP contribution in [0.5, 0.6) is 0 Å². The quantitative estimate of drug-likeness (QED) is 0.303. The van der Waals surface area contributed by atoms with Crippen molar-refractivity contribution < 1.29 is 13.9 Å². The van der Waals surface area contributed by atoms with Crippen LogP contribution in [0.2, 0.25) is 0 Å². The molecule has 0 spiro atoms. The van der Waals surface area contributed by atoms with Crippen LogP contribution in [0.3, 0.4) is 0 Å². The Kier molecular flexibility index (Phi) is 6.65. The molecular weight excluding hydrogens is 441 g/mol. The lowest BCUT2D eigenvalue weighted by molar-refractivity contribution is -0.143. The highest BCUT2D eigenvalue weighted by Gasteiger charge is 2.36. The average Bonchev–Trinajstić information content (AvgIpc) is 2.77. The summed E-state index contributed by atoms with van der Waals surface area (Å²) in [6.07, 6.45) is -0.332. The number of ether oxygens (including phenoxy) is 1. The van der Waals surface area contributed by atoms with Gasteiger partial charge in [-0.2, -0.15) is 0 Å². The SMILES string of the molecule is CC1=C(C(=O)OC(C)C)C(c2ccc(F)cc2)c2c(nc(SCc3ccccc3)[nH]c2=O)N1. The van der Waals surface area contributed by atoms with Crippen LogP contribution < -0.4 is 10.9 Å². The molecule has 0 aliphatic carbocycles. The number of fused-ring (bicyclic) bond motifs is 1. The maximum atomic E-state index is 13.6. The zero-order valence-corrected chi connectivity index (χ0v) is 19.3. The molecule has 3 aromatic rings. The van der Waals surface area contributed by atoms with Gasteiger partial charge in [0.2, 0.25) is 0 Å². The number of hydrogen-bond donors (Lipinski definition) is 2. The second kappa shape index (κ2) is 9.62. The second-order valence-corrected chi connectivity index (χ2v) is 8.97. The Morgan fingerprint density at radius 3 is 2.52 bits per heavy atom. The molecule has 1 aliphatic heterocycles. The third-order valence-electron chi connectivity index (χ3n) is 5.21. The van der Waals surface area contributed by atoms with E-state index in [4.69, 9.17) is 4.74 Å². The van der Waals surface area contributed by atoms with Crippen molar-refractivity contribution in [2.75, 3.05) is 5.32 Å². The van der Waals surface area contributed by atoms with Gasteiger partial charge in [0.1, 0.15) is 11.6 Å². The molecule has 0 amide bonds. The number of aromatic amines is 1. The van der Waals surface area contributed by atoms with E-state index in [9.17, 15) is 14.0 Å². The fourth-order valence-corrected chi connectivity index (χ4v) is 4.58. The number of H-pyrrole nitrogens is 1. The number of esters is 1. The first kappa shape index (κ1) is 22.8. The monoisotopic (exact) mass is 465 g/mol. The number of anilines is 1. The van der Waals surface area contributed by atoms with Crippen molar-refractivity contribution >= 4 is 23.5 Å². The van der Waals surface area contributed by atoms with E-state index in [0.29, 0.717) is 39.1 Å². The number of carbonyl (C=O) groups excluding carboxylic acids is 1. The van der Waals surface area contributed by atoms with Gasteiger partial charge < -0.3 is 15.0 Å². The van der Waals surface area contributed by atoms with E-state index in [1.807, 2.05) is 30.3 Å². The van der Waals surface area contributed by atoms with Gasteiger partial charge in [-0.1, -0.05) is 54.2 Å². The van der Waals surface area contributed by atoms with Gasteiger partial charge in [0.05, 0.1) is 23.2 Å². The van der Waals surface area contributed by atoms with Crippen molar-refractivity contribution in [3.05, 3.63) is 98.7 Å². The summed E-state index contributed by atoms with van der Waals surface area (Å²) in [5, 5.41) is 3.58. The summed E-state index contributed by atoms with van der Waals surface area (Å²) in [6, 6.07) is 15.6. The zero-order valence-electron chi connectivity index (χ0n) is 18.5. The van der Waals surface area contributed by atoms with Gasteiger partial charge in [0.25, 0.3) is 5.56 Å².